The first kappa shape index (κ1) is 18.2. The van der Waals surface area contributed by atoms with E-state index >= 15 is 0 Å². The summed E-state index contributed by atoms with van der Waals surface area (Å²) < 4.78 is 5.54. The number of carbonyl (C=O) groups is 2. The number of hydrogen-bond donors (Lipinski definition) is 1. The highest BCUT2D eigenvalue weighted by Gasteiger charge is 2.22. The fraction of sp³-hybridized carbons (Fsp3) is 0.526. The number of nitrogens with one attached hydrogen (secondary N) is 1. The van der Waals surface area contributed by atoms with Crippen molar-refractivity contribution in [2.75, 3.05) is 26.2 Å². The first-order chi connectivity index (χ1) is 12.4. The fourth-order valence-electron chi connectivity index (χ4n) is 3.19. The number of rotatable bonds is 3. The van der Waals surface area contributed by atoms with E-state index in [0.29, 0.717) is 44.1 Å². The normalized spacial score (nSPS) is 15.4. The van der Waals surface area contributed by atoms with Crippen molar-refractivity contribution in [3.8, 4) is 0 Å². The predicted molar refractivity (Wildman–Crippen MR) is 98.9 cm³/mol. The third-order valence-corrected chi connectivity index (χ3v) is 4.46. The largest absolute Gasteiger partial charge is 0.441 e. The van der Waals surface area contributed by atoms with E-state index in [2.05, 4.69) is 10.3 Å². The van der Waals surface area contributed by atoms with E-state index < -0.39 is 0 Å². The smallest absolute Gasteiger partial charge is 0.317 e. The van der Waals surface area contributed by atoms with Gasteiger partial charge < -0.3 is 19.5 Å². The predicted octanol–water partition coefficient (Wildman–Crippen LogP) is 2.33. The third-order valence-electron chi connectivity index (χ3n) is 4.46. The number of benzene rings is 1. The molecule has 1 aliphatic heterocycles. The summed E-state index contributed by atoms with van der Waals surface area (Å²) in [4.78, 5) is 32.7. The molecule has 1 fully saturated rings. The summed E-state index contributed by atoms with van der Waals surface area (Å²) in [6.07, 6.45) is 1.12. The zero-order valence-electron chi connectivity index (χ0n) is 15.6. The van der Waals surface area contributed by atoms with Gasteiger partial charge in [-0.15, -0.1) is 0 Å². The van der Waals surface area contributed by atoms with Crippen LogP contribution in [0, 0.1) is 6.92 Å². The topological polar surface area (TPSA) is 78.7 Å². The molecule has 0 unspecified atom stereocenters. The highest BCUT2D eigenvalue weighted by Crippen LogP contribution is 2.18. The second-order valence-electron chi connectivity index (χ2n) is 7.04. The van der Waals surface area contributed by atoms with Gasteiger partial charge in [0.25, 0.3) is 0 Å². The molecule has 0 radical (unpaired) electrons. The minimum Gasteiger partial charge on any atom is -0.441 e. The SMILES string of the molecule is Cc1nc2ccc(CC(=O)N3CCCN(C(=O)NC(C)C)CC3)cc2o1. The number of carbonyl (C=O) groups excluding carboxylic acids is 2. The van der Waals surface area contributed by atoms with Crippen LogP contribution < -0.4 is 5.32 Å². The van der Waals surface area contributed by atoms with Crippen LogP contribution >= 0.6 is 0 Å². The van der Waals surface area contributed by atoms with E-state index in [-0.39, 0.29) is 18.0 Å². The van der Waals surface area contributed by atoms with Gasteiger partial charge in [-0.25, -0.2) is 9.78 Å². The molecule has 0 spiro atoms. The second kappa shape index (κ2) is 7.76. The van der Waals surface area contributed by atoms with Crippen molar-refractivity contribution >= 4 is 23.0 Å². The zero-order valence-corrected chi connectivity index (χ0v) is 15.6. The summed E-state index contributed by atoms with van der Waals surface area (Å²) in [5, 5.41) is 2.91. The Hall–Kier alpha value is -2.57. The number of oxazole rings is 1. The standard InChI is InChI=1S/C19H26N4O3/c1-13(2)20-19(25)23-8-4-7-22(9-10-23)18(24)12-15-5-6-16-17(11-15)26-14(3)21-16/h5-6,11,13H,4,7-10,12H2,1-3H3,(H,20,25). The molecule has 7 heteroatoms. The Morgan fingerprint density at radius 3 is 2.69 bits per heavy atom. The molecule has 3 rings (SSSR count). The van der Waals surface area contributed by atoms with Gasteiger partial charge in [0, 0.05) is 39.1 Å². The molecular formula is C19H26N4O3. The van der Waals surface area contributed by atoms with Crippen LogP contribution in [0.15, 0.2) is 22.6 Å². The average Bonchev–Trinajstić information content (AvgIpc) is 2.79. The second-order valence-corrected chi connectivity index (χ2v) is 7.04. The van der Waals surface area contributed by atoms with Crippen molar-refractivity contribution in [2.24, 2.45) is 0 Å². The summed E-state index contributed by atoms with van der Waals surface area (Å²) in [5.41, 5.74) is 2.43. The van der Waals surface area contributed by atoms with Gasteiger partial charge in [0.15, 0.2) is 11.5 Å². The molecule has 0 bridgehead atoms. The van der Waals surface area contributed by atoms with Gasteiger partial charge in [-0.05, 0) is 38.0 Å². The van der Waals surface area contributed by atoms with Crippen LogP contribution in [0.3, 0.4) is 0 Å². The van der Waals surface area contributed by atoms with Gasteiger partial charge in [0.05, 0.1) is 6.42 Å². The van der Waals surface area contributed by atoms with Crippen LogP contribution in [0.4, 0.5) is 4.79 Å². The minimum atomic E-state index is -0.0551. The molecule has 1 aromatic heterocycles. The molecule has 26 heavy (non-hydrogen) atoms. The molecule has 0 saturated carbocycles. The number of hydrogen-bond acceptors (Lipinski definition) is 4. The molecule has 0 atom stereocenters. The summed E-state index contributed by atoms with van der Waals surface area (Å²) in [6.45, 7) is 8.16. The molecule has 1 aliphatic rings. The average molecular weight is 358 g/mol. The number of amides is 3. The molecule has 2 heterocycles. The van der Waals surface area contributed by atoms with Crippen LogP contribution in [-0.4, -0.2) is 58.9 Å². The van der Waals surface area contributed by atoms with Crippen molar-refractivity contribution in [2.45, 2.75) is 39.7 Å². The Bertz CT molecular complexity index is 799. The molecule has 1 N–H and O–H groups in total. The maximum atomic E-state index is 12.7. The van der Waals surface area contributed by atoms with Gasteiger partial charge in [-0.3, -0.25) is 4.79 Å². The Morgan fingerprint density at radius 1 is 1.19 bits per heavy atom. The molecule has 2 aromatic rings. The minimum absolute atomic E-state index is 0.0551. The molecule has 7 nitrogen and oxygen atoms in total. The summed E-state index contributed by atoms with van der Waals surface area (Å²) in [7, 11) is 0. The van der Waals surface area contributed by atoms with Gasteiger partial charge in [0.2, 0.25) is 5.91 Å². The van der Waals surface area contributed by atoms with E-state index in [9.17, 15) is 9.59 Å². The zero-order chi connectivity index (χ0) is 18.7. The Labute approximate surface area is 153 Å². The van der Waals surface area contributed by atoms with E-state index in [1.165, 1.54) is 0 Å². The summed E-state index contributed by atoms with van der Waals surface area (Å²) in [6, 6.07) is 5.74. The lowest BCUT2D eigenvalue weighted by atomic mass is 10.1. The highest BCUT2D eigenvalue weighted by molar-refractivity contribution is 5.81. The number of fused-ring (bicyclic) bond motifs is 1. The maximum absolute atomic E-state index is 12.7. The Balaban J connectivity index is 1.59. The molecule has 1 saturated heterocycles. The first-order valence-corrected chi connectivity index (χ1v) is 9.11. The quantitative estimate of drug-likeness (QED) is 0.913. The Morgan fingerprint density at radius 2 is 1.92 bits per heavy atom. The molecule has 0 aliphatic carbocycles. The number of urea groups is 1. The molecular weight excluding hydrogens is 332 g/mol. The van der Waals surface area contributed by atoms with Crippen molar-refractivity contribution in [3.63, 3.8) is 0 Å². The lowest BCUT2D eigenvalue weighted by Gasteiger charge is -2.23. The summed E-state index contributed by atoms with van der Waals surface area (Å²) in [5.74, 6) is 0.697. The van der Waals surface area contributed by atoms with E-state index in [0.717, 1.165) is 17.5 Å². The molecule has 3 amide bonds. The molecule has 140 valence electrons. The van der Waals surface area contributed by atoms with Gasteiger partial charge in [-0.1, -0.05) is 6.07 Å². The van der Waals surface area contributed by atoms with Gasteiger partial charge in [-0.2, -0.15) is 0 Å². The van der Waals surface area contributed by atoms with Crippen molar-refractivity contribution in [3.05, 3.63) is 29.7 Å². The van der Waals surface area contributed by atoms with Crippen molar-refractivity contribution in [1.82, 2.24) is 20.1 Å². The first-order valence-electron chi connectivity index (χ1n) is 9.11. The van der Waals surface area contributed by atoms with Crippen LogP contribution in [0.1, 0.15) is 31.7 Å². The highest BCUT2D eigenvalue weighted by atomic mass is 16.3. The third kappa shape index (κ3) is 4.33. The summed E-state index contributed by atoms with van der Waals surface area (Å²) >= 11 is 0. The van der Waals surface area contributed by atoms with E-state index in [4.69, 9.17) is 4.42 Å². The van der Waals surface area contributed by atoms with Gasteiger partial charge >= 0.3 is 6.03 Å². The van der Waals surface area contributed by atoms with Crippen LogP contribution in [0.25, 0.3) is 11.1 Å². The monoisotopic (exact) mass is 358 g/mol. The maximum Gasteiger partial charge on any atom is 0.317 e. The van der Waals surface area contributed by atoms with Crippen molar-refractivity contribution in [1.29, 1.82) is 0 Å². The Kier molecular flexibility index (Phi) is 5.44. The van der Waals surface area contributed by atoms with E-state index in [1.807, 2.05) is 43.9 Å². The van der Waals surface area contributed by atoms with Crippen LogP contribution in [-0.2, 0) is 11.2 Å². The number of aryl methyl sites for hydroxylation is 1. The van der Waals surface area contributed by atoms with E-state index in [1.54, 1.807) is 4.90 Å². The fourth-order valence-corrected chi connectivity index (χ4v) is 3.19. The van der Waals surface area contributed by atoms with Crippen LogP contribution in [0.2, 0.25) is 0 Å². The number of nitrogens with zero attached hydrogens (tertiary/aromatic N) is 3. The lowest BCUT2D eigenvalue weighted by molar-refractivity contribution is -0.130. The van der Waals surface area contributed by atoms with Gasteiger partial charge in [0.1, 0.15) is 5.52 Å². The lowest BCUT2D eigenvalue weighted by Crippen LogP contribution is -2.45. The number of aromatic nitrogens is 1. The van der Waals surface area contributed by atoms with Crippen molar-refractivity contribution < 1.29 is 14.0 Å². The molecule has 1 aromatic carbocycles. The van der Waals surface area contributed by atoms with Crippen LogP contribution in [0.5, 0.6) is 0 Å².